The van der Waals surface area contributed by atoms with Crippen molar-refractivity contribution >= 4 is 12.0 Å². The van der Waals surface area contributed by atoms with E-state index in [1.54, 1.807) is 34.1 Å². The number of hydrogen-bond acceptors (Lipinski definition) is 13. The van der Waals surface area contributed by atoms with Gasteiger partial charge in [-0.15, -0.1) is 0 Å². The molecule has 13 nitrogen and oxygen atoms in total. The first-order valence-electron chi connectivity index (χ1n) is 20.8. The number of hydrogen-bond donors (Lipinski definition) is 5. The van der Waals surface area contributed by atoms with Crippen molar-refractivity contribution in [2.75, 3.05) is 14.2 Å². The van der Waals surface area contributed by atoms with Gasteiger partial charge in [-0.3, -0.25) is 0 Å². The van der Waals surface area contributed by atoms with Crippen molar-refractivity contribution < 1.29 is 63.5 Å². The van der Waals surface area contributed by atoms with E-state index < -0.39 is 88.7 Å². The van der Waals surface area contributed by atoms with Gasteiger partial charge in [0.25, 0.3) is 0 Å². The van der Waals surface area contributed by atoms with Crippen LogP contribution < -0.4 is 0 Å². The number of aliphatic hydroxyl groups is 5. The molecule has 2 saturated heterocycles. The van der Waals surface area contributed by atoms with Gasteiger partial charge in [0.2, 0.25) is 0 Å². The largest absolute Gasteiger partial charge is 0.458 e. The van der Waals surface area contributed by atoms with Gasteiger partial charge < -0.3 is 58.7 Å². The number of aliphatic hydroxyl groups excluding tert-OH is 2. The number of esters is 1. The molecule has 5 fully saturated rings. The average Bonchev–Trinajstić information content (AvgIpc) is 3.42. The van der Waals surface area contributed by atoms with Gasteiger partial charge in [-0.2, -0.15) is 0 Å². The van der Waals surface area contributed by atoms with E-state index >= 15 is 0 Å². The molecule has 5 N–H and O–H groups in total. The minimum Gasteiger partial charge on any atom is -0.458 e. The van der Waals surface area contributed by atoms with Gasteiger partial charge in [0.15, 0.2) is 12.6 Å². The summed E-state index contributed by atoms with van der Waals surface area (Å²) in [6, 6.07) is 9.36. The molecule has 2 aliphatic heterocycles. The molecule has 7 rings (SSSR count). The van der Waals surface area contributed by atoms with Crippen LogP contribution in [0.1, 0.15) is 98.0 Å². The van der Waals surface area contributed by atoms with Crippen molar-refractivity contribution in [1.82, 2.24) is 0 Å². The Hall–Kier alpha value is -2.27. The van der Waals surface area contributed by atoms with Crippen LogP contribution in [-0.4, -0.2) is 130 Å². The van der Waals surface area contributed by atoms with Crippen LogP contribution in [0, 0.1) is 16.7 Å². The second-order valence-electron chi connectivity index (χ2n) is 18.0. The van der Waals surface area contributed by atoms with Gasteiger partial charge >= 0.3 is 5.97 Å². The minimum absolute atomic E-state index is 0.0280. The lowest BCUT2D eigenvalue weighted by Gasteiger charge is -2.67. The monoisotopic (exact) mass is 800 g/mol. The summed E-state index contributed by atoms with van der Waals surface area (Å²) < 4.78 is 43.0. The zero-order valence-electron chi connectivity index (χ0n) is 34.4. The van der Waals surface area contributed by atoms with E-state index in [1.807, 2.05) is 43.3 Å². The zero-order chi connectivity index (χ0) is 41.1. The van der Waals surface area contributed by atoms with Crippen molar-refractivity contribution in [3.05, 3.63) is 53.6 Å². The molecule has 57 heavy (non-hydrogen) atoms. The highest BCUT2D eigenvalue weighted by Gasteiger charge is 2.81. The van der Waals surface area contributed by atoms with Crippen LogP contribution in [0.3, 0.4) is 0 Å². The van der Waals surface area contributed by atoms with Gasteiger partial charge in [-0.25, -0.2) is 4.79 Å². The van der Waals surface area contributed by atoms with Crippen LogP contribution in [0.5, 0.6) is 0 Å². The maximum Gasteiger partial charge on any atom is 0.331 e. The summed E-state index contributed by atoms with van der Waals surface area (Å²) in [5.74, 6) is -1.16. The van der Waals surface area contributed by atoms with Crippen LogP contribution >= 0.6 is 0 Å². The van der Waals surface area contributed by atoms with Crippen LogP contribution in [-0.2, 0) is 38.0 Å². The Bertz CT molecular complexity index is 1650. The van der Waals surface area contributed by atoms with E-state index in [0.717, 1.165) is 11.1 Å². The molecule has 6 aliphatic rings. The summed E-state index contributed by atoms with van der Waals surface area (Å²) in [7, 11) is 3.21. The Morgan fingerprint density at radius 1 is 0.912 bits per heavy atom. The van der Waals surface area contributed by atoms with E-state index in [1.165, 1.54) is 13.0 Å². The third kappa shape index (κ3) is 7.06. The van der Waals surface area contributed by atoms with Crippen molar-refractivity contribution in [3.63, 3.8) is 0 Å². The Morgan fingerprint density at radius 2 is 1.58 bits per heavy atom. The Morgan fingerprint density at radius 3 is 2.26 bits per heavy atom. The van der Waals surface area contributed by atoms with Crippen LogP contribution in [0.25, 0.3) is 6.08 Å². The average molecular weight is 801 g/mol. The fourth-order valence-electron chi connectivity index (χ4n) is 11.8. The number of benzene rings is 1. The fourth-order valence-corrected chi connectivity index (χ4v) is 11.8. The van der Waals surface area contributed by atoms with E-state index in [9.17, 15) is 30.3 Å². The first-order valence-corrected chi connectivity index (χ1v) is 20.8. The maximum absolute atomic E-state index is 13.5. The molecular formula is C44H64O13. The van der Waals surface area contributed by atoms with Crippen molar-refractivity contribution in [2.24, 2.45) is 16.7 Å². The summed E-state index contributed by atoms with van der Waals surface area (Å²) in [6.45, 7) is 8.97. The van der Waals surface area contributed by atoms with Gasteiger partial charge in [0, 0.05) is 39.1 Å². The summed E-state index contributed by atoms with van der Waals surface area (Å²) >= 11 is 0. The van der Waals surface area contributed by atoms with Crippen molar-refractivity contribution in [3.8, 4) is 0 Å². The first-order chi connectivity index (χ1) is 26.9. The molecule has 1 aromatic carbocycles. The molecule has 0 amide bonds. The molecule has 3 saturated carbocycles. The molecule has 0 spiro atoms. The van der Waals surface area contributed by atoms with E-state index in [-0.39, 0.29) is 44.0 Å². The molecule has 0 bridgehead atoms. The molecule has 2 heterocycles. The lowest BCUT2D eigenvalue weighted by molar-refractivity contribution is -0.328. The number of ether oxygens (including phenoxy) is 7. The zero-order valence-corrected chi connectivity index (χ0v) is 34.4. The van der Waals surface area contributed by atoms with Crippen LogP contribution in [0.2, 0.25) is 0 Å². The normalized spacial score (nSPS) is 47.7. The third-order valence-electron chi connectivity index (χ3n) is 15.3. The fraction of sp³-hybridized carbons (Fsp3) is 0.750. The molecule has 4 aliphatic carbocycles. The number of fused-ring (bicyclic) bond motifs is 5. The topological polar surface area (TPSA) is 183 Å². The highest BCUT2D eigenvalue weighted by molar-refractivity contribution is 5.87. The standard InChI is InChI=1S/C44H64O13/c1-25-38(47)31(51-6)22-37(53-25)57-39-26(2)54-36(23-32(39)52-7)55-30-16-17-40(4)29(21-30)15-18-43(49)33(40)24-34(56-35(46)14-13-28-11-9-8-10-12-28)41(5)42(48,27(3)45)19-20-44(41,43)50/h8-15,25-27,30-34,36-39,45,47-50H,16-24H2,1-7H3/b14-13+/t25-,26-,27+,30+,31+,32+,33-,34-,36+,37+,38-,39-,40+,41-,42-,43+,44-/m1/s1. The van der Waals surface area contributed by atoms with Crippen molar-refractivity contribution in [2.45, 2.75) is 177 Å². The first kappa shape index (κ1) is 42.8. The Kier molecular flexibility index (Phi) is 12.0. The second kappa shape index (κ2) is 16.0. The molecule has 0 aromatic heterocycles. The van der Waals surface area contributed by atoms with Gasteiger partial charge in [-0.05, 0) is 82.8 Å². The summed E-state index contributed by atoms with van der Waals surface area (Å²) in [4.78, 5) is 13.5. The summed E-state index contributed by atoms with van der Waals surface area (Å²) in [5, 5.41) is 59.3. The molecular weight excluding hydrogens is 736 g/mol. The molecule has 13 heteroatoms. The van der Waals surface area contributed by atoms with E-state index in [2.05, 4.69) is 6.92 Å². The van der Waals surface area contributed by atoms with Crippen LogP contribution in [0.4, 0.5) is 0 Å². The molecule has 1 aromatic rings. The summed E-state index contributed by atoms with van der Waals surface area (Å²) in [6.07, 6.45) is 1.69. The molecule has 318 valence electrons. The van der Waals surface area contributed by atoms with E-state index in [0.29, 0.717) is 32.1 Å². The predicted molar refractivity (Wildman–Crippen MR) is 207 cm³/mol. The van der Waals surface area contributed by atoms with E-state index in [4.69, 9.17) is 33.2 Å². The van der Waals surface area contributed by atoms with Gasteiger partial charge in [0.05, 0.1) is 42.0 Å². The lowest BCUT2D eigenvalue weighted by atomic mass is 9.42. The van der Waals surface area contributed by atoms with Crippen LogP contribution in [0.15, 0.2) is 48.1 Å². The predicted octanol–water partition coefficient (Wildman–Crippen LogP) is 3.96. The molecule has 0 radical (unpaired) electrons. The van der Waals surface area contributed by atoms with Crippen molar-refractivity contribution in [1.29, 1.82) is 0 Å². The highest BCUT2D eigenvalue weighted by atomic mass is 16.7. The number of carbonyl (C=O) groups is 1. The maximum atomic E-state index is 13.5. The number of rotatable bonds is 10. The summed E-state index contributed by atoms with van der Waals surface area (Å²) in [5.41, 5.74) is -5.63. The SMILES string of the molecule is CO[C@H]1C[C@H](O[C@H]2[C@@H](OC)C[C@H](O[C@H]3CC[C@@]4(C)C(=CC[C@]5(O)[C@@H]4C[C@@H](OC(=O)/C=C/c4ccccc4)[C@@]4(C)[C@]5(O)CC[C@@]4(O)[C@H](C)O)C3)O[C@@H]2C)O[C@H](C)[C@H]1O. The lowest BCUT2D eigenvalue weighted by Crippen LogP contribution is -2.78. The van der Waals surface area contributed by atoms with Gasteiger partial charge in [-0.1, -0.05) is 55.8 Å². The minimum atomic E-state index is -1.88. The number of carbonyl (C=O) groups excluding carboxylic acids is 1. The quantitative estimate of drug-likeness (QED) is 0.130. The molecule has 17 atom stereocenters. The Balaban J connectivity index is 1.07. The second-order valence-corrected chi connectivity index (χ2v) is 18.0. The third-order valence-corrected chi connectivity index (χ3v) is 15.3. The Labute approximate surface area is 336 Å². The van der Waals surface area contributed by atoms with Gasteiger partial charge in [0.1, 0.15) is 35.1 Å². The number of methoxy groups -OCH3 is 2. The molecule has 0 unspecified atom stereocenters. The highest BCUT2D eigenvalue weighted by Crippen LogP contribution is 2.71. The smallest absolute Gasteiger partial charge is 0.331 e.